The second-order valence-corrected chi connectivity index (χ2v) is 3.56. The van der Waals surface area contributed by atoms with E-state index in [4.69, 9.17) is 0 Å². The van der Waals surface area contributed by atoms with Crippen molar-refractivity contribution in [2.45, 2.75) is 19.1 Å². The van der Waals surface area contributed by atoms with E-state index in [0.717, 1.165) is 0 Å². The fourth-order valence-corrected chi connectivity index (χ4v) is 1.23. The SMILES string of the molecule is CC(NC(=O)NC(=O)C(F)(F)F)c1ccccc1. The highest BCUT2D eigenvalue weighted by atomic mass is 19.4. The summed E-state index contributed by atoms with van der Waals surface area (Å²) in [5, 5.41) is 3.43. The molecule has 0 saturated heterocycles. The first-order chi connectivity index (χ1) is 8.30. The summed E-state index contributed by atoms with van der Waals surface area (Å²) in [5.74, 6) is -2.29. The van der Waals surface area contributed by atoms with Gasteiger partial charge in [-0.1, -0.05) is 30.3 Å². The second kappa shape index (κ2) is 5.52. The average Bonchev–Trinajstić information content (AvgIpc) is 2.28. The summed E-state index contributed by atoms with van der Waals surface area (Å²) in [5.41, 5.74) is 0.715. The number of rotatable bonds is 2. The number of carbonyl (C=O) groups excluding carboxylic acids is 2. The van der Waals surface area contributed by atoms with Gasteiger partial charge in [-0.25, -0.2) is 4.79 Å². The molecule has 0 aromatic heterocycles. The Hall–Kier alpha value is -2.05. The maximum atomic E-state index is 11.9. The summed E-state index contributed by atoms with van der Waals surface area (Å²) >= 11 is 0. The van der Waals surface area contributed by atoms with E-state index in [1.807, 2.05) is 0 Å². The van der Waals surface area contributed by atoms with Gasteiger partial charge in [0.05, 0.1) is 6.04 Å². The zero-order valence-electron chi connectivity index (χ0n) is 9.41. The van der Waals surface area contributed by atoms with Gasteiger partial charge in [-0.05, 0) is 12.5 Å². The van der Waals surface area contributed by atoms with Crippen LogP contribution in [0.3, 0.4) is 0 Å². The number of benzene rings is 1. The second-order valence-electron chi connectivity index (χ2n) is 3.56. The van der Waals surface area contributed by atoms with E-state index >= 15 is 0 Å². The van der Waals surface area contributed by atoms with Gasteiger partial charge in [0, 0.05) is 0 Å². The third kappa shape index (κ3) is 4.08. The molecular weight excluding hydrogens is 249 g/mol. The lowest BCUT2D eigenvalue weighted by molar-refractivity contribution is -0.172. The van der Waals surface area contributed by atoms with E-state index in [2.05, 4.69) is 5.32 Å². The third-order valence-electron chi connectivity index (χ3n) is 2.13. The molecule has 3 amide bonds. The number of halogens is 3. The van der Waals surface area contributed by atoms with Gasteiger partial charge in [-0.3, -0.25) is 10.1 Å². The predicted molar refractivity (Wildman–Crippen MR) is 57.6 cm³/mol. The molecule has 4 nitrogen and oxygen atoms in total. The quantitative estimate of drug-likeness (QED) is 0.855. The molecule has 0 radical (unpaired) electrons. The van der Waals surface area contributed by atoms with Gasteiger partial charge in [0.1, 0.15) is 0 Å². The molecule has 1 unspecified atom stereocenters. The van der Waals surface area contributed by atoms with Crippen molar-refractivity contribution in [3.63, 3.8) is 0 Å². The van der Waals surface area contributed by atoms with Crippen LogP contribution in [0.5, 0.6) is 0 Å². The molecule has 1 aromatic carbocycles. The van der Waals surface area contributed by atoms with E-state index in [0.29, 0.717) is 5.56 Å². The van der Waals surface area contributed by atoms with Crippen LogP contribution in [0.4, 0.5) is 18.0 Å². The highest BCUT2D eigenvalue weighted by molar-refractivity contribution is 5.97. The van der Waals surface area contributed by atoms with E-state index in [-0.39, 0.29) is 0 Å². The van der Waals surface area contributed by atoms with Crippen LogP contribution < -0.4 is 10.6 Å². The fourth-order valence-electron chi connectivity index (χ4n) is 1.23. The van der Waals surface area contributed by atoms with Crippen molar-refractivity contribution in [1.29, 1.82) is 0 Å². The highest BCUT2D eigenvalue weighted by Gasteiger charge is 2.39. The first kappa shape index (κ1) is 14.0. The maximum absolute atomic E-state index is 11.9. The Morgan fingerprint density at radius 3 is 2.22 bits per heavy atom. The maximum Gasteiger partial charge on any atom is 0.471 e. The van der Waals surface area contributed by atoms with E-state index in [1.54, 1.807) is 37.3 Å². The molecule has 1 atom stereocenters. The van der Waals surface area contributed by atoms with Gasteiger partial charge in [-0.2, -0.15) is 13.2 Å². The van der Waals surface area contributed by atoms with Crippen LogP contribution in [0.1, 0.15) is 18.5 Å². The molecule has 1 rings (SSSR count). The fraction of sp³-hybridized carbons (Fsp3) is 0.273. The highest BCUT2D eigenvalue weighted by Crippen LogP contribution is 2.14. The van der Waals surface area contributed by atoms with Crippen molar-refractivity contribution in [3.05, 3.63) is 35.9 Å². The summed E-state index contributed by atoms with van der Waals surface area (Å²) in [6, 6.07) is 6.94. The van der Waals surface area contributed by atoms with E-state index in [1.165, 1.54) is 5.32 Å². The van der Waals surface area contributed by atoms with Gasteiger partial charge in [0.25, 0.3) is 0 Å². The molecule has 0 aliphatic carbocycles. The van der Waals surface area contributed by atoms with E-state index < -0.39 is 24.2 Å². The molecule has 0 saturated carbocycles. The van der Waals surface area contributed by atoms with Crippen LogP contribution in [-0.2, 0) is 4.79 Å². The number of nitrogens with one attached hydrogen (secondary N) is 2. The first-order valence-electron chi connectivity index (χ1n) is 5.04. The molecule has 7 heteroatoms. The summed E-state index contributed by atoms with van der Waals surface area (Å²) < 4.78 is 35.6. The monoisotopic (exact) mass is 260 g/mol. The van der Waals surface area contributed by atoms with Crippen LogP contribution in [-0.4, -0.2) is 18.1 Å². The van der Waals surface area contributed by atoms with Gasteiger partial charge in [-0.15, -0.1) is 0 Å². The number of alkyl halides is 3. The van der Waals surface area contributed by atoms with Crippen LogP contribution in [0, 0.1) is 0 Å². The van der Waals surface area contributed by atoms with Crippen molar-refractivity contribution in [2.75, 3.05) is 0 Å². The Balaban J connectivity index is 2.54. The number of hydrogen-bond acceptors (Lipinski definition) is 2. The molecule has 0 bridgehead atoms. The minimum Gasteiger partial charge on any atom is -0.331 e. The lowest BCUT2D eigenvalue weighted by Crippen LogP contribution is -2.46. The number of imide groups is 1. The molecule has 18 heavy (non-hydrogen) atoms. The normalized spacial score (nSPS) is 12.7. The zero-order chi connectivity index (χ0) is 13.8. The summed E-state index contributed by atoms with van der Waals surface area (Å²) in [4.78, 5) is 21.6. The smallest absolute Gasteiger partial charge is 0.331 e. The van der Waals surface area contributed by atoms with Crippen molar-refractivity contribution < 1.29 is 22.8 Å². The Morgan fingerprint density at radius 2 is 1.72 bits per heavy atom. The third-order valence-corrected chi connectivity index (χ3v) is 2.13. The van der Waals surface area contributed by atoms with Crippen LogP contribution >= 0.6 is 0 Å². The van der Waals surface area contributed by atoms with Crippen molar-refractivity contribution in [2.24, 2.45) is 0 Å². The van der Waals surface area contributed by atoms with E-state index in [9.17, 15) is 22.8 Å². The molecule has 0 aliphatic rings. The minimum atomic E-state index is -5.08. The molecule has 0 spiro atoms. The minimum absolute atomic E-state index is 0.507. The molecule has 98 valence electrons. The molecule has 1 aromatic rings. The van der Waals surface area contributed by atoms with Crippen molar-refractivity contribution >= 4 is 11.9 Å². The lowest BCUT2D eigenvalue weighted by Gasteiger charge is -2.14. The van der Waals surface area contributed by atoms with Gasteiger partial charge in [0.15, 0.2) is 0 Å². The number of urea groups is 1. The topological polar surface area (TPSA) is 58.2 Å². The Morgan fingerprint density at radius 1 is 1.17 bits per heavy atom. The molecule has 0 aliphatic heterocycles. The molecular formula is C11H11F3N2O2. The Bertz CT molecular complexity index is 432. The summed E-state index contributed by atoms with van der Waals surface area (Å²) in [6.45, 7) is 1.59. The van der Waals surface area contributed by atoms with Crippen LogP contribution in [0.2, 0.25) is 0 Å². The first-order valence-corrected chi connectivity index (χ1v) is 5.04. The van der Waals surface area contributed by atoms with Crippen molar-refractivity contribution in [3.8, 4) is 0 Å². The summed E-state index contributed by atoms with van der Waals surface area (Å²) in [7, 11) is 0. The Labute approximate surface area is 101 Å². The van der Waals surface area contributed by atoms with Crippen molar-refractivity contribution in [1.82, 2.24) is 10.6 Å². The van der Waals surface area contributed by atoms with Gasteiger partial charge >= 0.3 is 18.1 Å². The largest absolute Gasteiger partial charge is 0.471 e. The van der Waals surface area contributed by atoms with Gasteiger partial charge < -0.3 is 5.32 Å². The number of hydrogen-bond donors (Lipinski definition) is 2. The van der Waals surface area contributed by atoms with Crippen LogP contribution in [0.15, 0.2) is 30.3 Å². The molecule has 2 N–H and O–H groups in total. The average molecular weight is 260 g/mol. The number of amides is 3. The number of carbonyl (C=O) groups is 2. The summed E-state index contributed by atoms with van der Waals surface area (Å²) in [6.07, 6.45) is -5.08. The van der Waals surface area contributed by atoms with Gasteiger partial charge in [0.2, 0.25) is 0 Å². The zero-order valence-corrected chi connectivity index (χ0v) is 9.41. The standard InChI is InChI=1S/C11H11F3N2O2/c1-7(8-5-3-2-4-6-8)15-10(18)16-9(17)11(12,13)14/h2-7H,1H3,(H2,15,16,17,18). The molecule has 0 heterocycles. The lowest BCUT2D eigenvalue weighted by atomic mass is 10.1. The predicted octanol–water partition coefficient (Wildman–Crippen LogP) is 2.14. The molecule has 0 fully saturated rings. The Kier molecular flexibility index (Phi) is 4.30. The van der Waals surface area contributed by atoms with Crippen LogP contribution in [0.25, 0.3) is 0 Å².